The highest BCUT2D eigenvalue weighted by Gasteiger charge is 2.18. The molecule has 2 atom stereocenters. The van der Waals surface area contributed by atoms with E-state index in [4.69, 9.17) is 10.8 Å². The molecule has 0 bridgehead atoms. The van der Waals surface area contributed by atoms with Crippen molar-refractivity contribution in [3.05, 3.63) is 33.8 Å². The summed E-state index contributed by atoms with van der Waals surface area (Å²) in [4.78, 5) is 0. The van der Waals surface area contributed by atoms with Gasteiger partial charge in [0.15, 0.2) is 0 Å². The monoisotopic (exact) mass is 272 g/mol. The summed E-state index contributed by atoms with van der Waals surface area (Å²) in [7, 11) is 1.85. The van der Waals surface area contributed by atoms with E-state index in [0.717, 1.165) is 10.0 Å². The average molecular weight is 273 g/mol. The lowest BCUT2D eigenvalue weighted by Crippen LogP contribution is -2.39. The minimum atomic E-state index is -0.289. The van der Waals surface area contributed by atoms with Gasteiger partial charge in [-0.2, -0.15) is 0 Å². The normalized spacial score (nSPS) is 15.0. The third-order valence-corrected chi connectivity index (χ3v) is 3.02. The number of hydrogen-bond acceptors (Lipinski definition) is 3. The van der Waals surface area contributed by atoms with Crippen LogP contribution in [0.25, 0.3) is 0 Å². The average Bonchev–Trinajstić information content (AvgIpc) is 2.23. The highest BCUT2D eigenvalue weighted by atomic mass is 79.9. The lowest BCUT2D eigenvalue weighted by Gasteiger charge is -2.24. The number of likely N-dealkylation sites (N-methyl/N-ethyl adjacent to an activating group) is 1. The SMILES string of the molecule is CNC(c1cc(Br)ccc1C)C(N)CO. The van der Waals surface area contributed by atoms with Gasteiger partial charge in [0.05, 0.1) is 6.61 Å². The minimum absolute atomic E-state index is 0.0208. The van der Waals surface area contributed by atoms with E-state index in [1.807, 2.05) is 32.2 Å². The Kier molecular flexibility index (Phi) is 4.73. The highest BCUT2D eigenvalue weighted by molar-refractivity contribution is 9.10. The molecule has 0 aromatic heterocycles. The molecular weight excluding hydrogens is 256 g/mol. The van der Waals surface area contributed by atoms with E-state index in [2.05, 4.69) is 21.2 Å². The van der Waals surface area contributed by atoms with E-state index in [9.17, 15) is 0 Å². The van der Waals surface area contributed by atoms with Crippen molar-refractivity contribution >= 4 is 15.9 Å². The van der Waals surface area contributed by atoms with Crippen molar-refractivity contribution in [2.24, 2.45) is 5.73 Å². The number of halogens is 1. The number of nitrogens with one attached hydrogen (secondary N) is 1. The van der Waals surface area contributed by atoms with Crippen LogP contribution in [0.2, 0.25) is 0 Å². The Morgan fingerprint density at radius 1 is 1.53 bits per heavy atom. The van der Waals surface area contributed by atoms with Crippen LogP contribution in [0.4, 0.5) is 0 Å². The number of benzene rings is 1. The summed E-state index contributed by atoms with van der Waals surface area (Å²) in [5.41, 5.74) is 8.14. The van der Waals surface area contributed by atoms with Crippen LogP contribution in [-0.2, 0) is 0 Å². The molecule has 0 fully saturated rings. The van der Waals surface area contributed by atoms with E-state index in [1.165, 1.54) is 5.56 Å². The van der Waals surface area contributed by atoms with Crippen LogP contribution in [0, 0.1) is 6.92 Å². The minimum Gasteiger partial charge on any atom is -0.395 e. The summed E-state index contributed by atoms with van der Waals surface area (Å²) in [6.45, 7) is 2.01. The van der Waals surface area contributed by atoms with Crippen molar-refractivity contribution in [1.29, 1.82) is 0 Å². The first-order valence-electron chi connectivity index (χ1n) is 4.90. The maximum Gasteiger partial charge on any atom is 0.0601 e. The van der Waals surface area contributed by atoms with E-state index in [-0.39, 0.29) is 18.7 Å². The molecule has 4 heteroatoms. The summed E-state index contributed by atoms with van der Waals surface area (Å²) in [5.74, 6) is 0. The van der Waals surface area contributed by atoms with Crippen molar-refractivity contribution in [1.82, 2.24) is 5.32 Å². The maximum atomic E-state index is 9.08. The quantitative estimate of drug-likeness (QED) is 0.776. The third kappa shape index (κ3) is 3.01. The summed E-state index contributed by atoms with van der Waals surface area (Å²) in [6, 6.07) is 5.76. The Bertz CT molecular complexity index is 330. The van der Waals surface area contributed by atoms with Gasteiger partial charge in [0.2, 0.25) is 0 Å². The molecule has 2 unspecified atom stereocenters. The number of nitrogens with two attached hydrogens (primary N) is 1. The maximum absolute atomic E-state index is 9.08. The molecule has 15 heavy (non-hydrogen) atoms. The molecule has 3 nitrogen and oxygen atoms in total. The van der Waals surface area contributed by atoms with Gasteiger partial charge in [0.25, 0.3) is 0 Å². The number of aliphatic hydroxyl groups excluding tert-OH is 1. The standard InChI is InChI=1S/C11H17BrN2O/c1-7-3-4-8(12)5-9(7)11(14-2)10(13)6-15/h3-5,10-11,14-15H,6,13H2,1-2H3. The molecule has 0 spiro atoms. The van der Waals surface area contributed by atoms with Crippen molar-refractivity contribution < 1.29 is 5.11 Å². The van der Waals surface area contributed by atoms with Crippen LogP contribution in [0.5, 0.6) is 0 Å². The zero-order valence-corrected chi connectivity index (χ0v) is 10.6. The van der Waals surface area contributed by atoms with Gasteiger partial charge in [-0.05, 0) is 37.2 Å². The predicted molar refractivity (Wildman–Crippen MR) is 65.7 cm³/mol. The molecule has 0 saturated carbocycles. The zero-order chi connectivity index (χ0) is 11.4. The molecule has 0 heterocycles. The highest BCUT2D eigenvalue weighted by Crippen LogP contribution is 2.23. The van der Waals surface area contributed by atoms with Crippen molar-refractivity contribution in [2.75, 3.05) is 13.7 Å². The first-order chi connectivity index (χ1) is 7.10. The fraction of sp³-hybridized carbons (Fsp3) is 0.455. The van der Waals surface area contributed by atoms with Crippen LogP contribution in [0.3, 0.4) is 0 Å². The lowest BCUT2D eigenvalue weighted by molar-refractivity contribution is 0.240. The topological polar surface area (TPSA) is 58.3 Å². The van der Waals surface area contributed by atoms with Crippen LogP contribution in [-0.4, -0.2) is 24.8 Å². The smallest absolute Gasteiger partial charge is 0.0601 e. The number of aliphatic hydroxyl groups is 1. The second kappa shape index (κ2) is 5.61. The molecule has 0 aliphatic carbocycles. The molecule has 1 aromatic rings. The van der Waals surface area contributed by atoms with Gasteiger partial charge in [0.1, 0.15) is 0 Å². The third-order valence-electron chi connectivity index (χ3n) is 2.53. The van der Waals surface area contributed by atoms with Gasteiger partial charge >= 0.3 is 0 Å². The summed E-state index contributed by atoms with van der Waals surface area (Å²) in [6.07, 6.45) is 0. The summed E-state index contributed by atoms with van der Waals surface area (Å²) in [5, 5.41) is 12.2. The van der Waals surface area contributed by atoms with Crippen molar-refractivity contribution in [3.8, 4) is 0 Å². The lowest BCUT2D eigenvalue weighted by atomic mass is 9.96. The Balaban J connectivity index is 3.05. The fourth-order valence-corrected chi connectivity index (χ4v) is 2.03. The van der Waals surface area contributed by atoms with Gasteiger partial charge in [0, 0.05) is 16.6 Å². The largest absolute Gasteiger partial charge is 0.395 e. The second-order valence-electron chi connectivity index (χ2n) is 3.61. The molecule has 4 N–H and O–H groups in total. The summed E-state index contributed by atoms with van der Waals surface area (Å²) < 4.78 is 1.02. The van der Waals surface area contributed by atoms with Gasteiger partial charge in [-0.15, -0.1) is 0 Å². The molecule has 1 aromatic carbocycles. The Labute approximate surface area is 98.8 Å². The molecule has 1 rings (SSSR count). The van der Waals surface area contributed by atoms with Crippen LogP contribution in [0.1, 0.15) is 17.2 Å². The number of rotatable bonds is 4. The Morgan fingerprint density at radius 2 is 2.20 bits per heavy atom. The fourth-order valence-electron chi connectivity index (χ4n) is 1.65. The Hall–Kier alpha value is -0.420. The van der Waals surface area contributed by atoms with E-state index in [0.29, 0.717) is 0 Å². The van der Waals surface area contributed by atoms with Gasteiger partial charge in [-0.1, -0.05) is 22.0 Å². The molecule has 0 saturated heterocycles. The number of aryl methyl sites for hydroxylation is 1. The van der Waals surface area contributed by atoms with E-state index in [1.54, 1.807) is 0 Å². The molecule has 0 amide bonds. The molecule has 84 valence electrons. The van der Waals surface area contributed by atoms with E-state index >= 15 is 0 Å². The predicted octanol–water partition coefficient (Wildman–Crippen LogP) is 1.34. The molecule has 0 radical (unpaired) electrons. The summed E-state index contributed by atoms with van der Waals surface area (Å²) >= 11 is 3.43. The first kappa shape index (κ1) is 12.6. The van der Waals surface area contributed by atoms with E-state index < -0.39 is 0 Å². The second-order valence-corrected chi connectivity index (χ2v) is 4.53. The van der Waals surface area contributed by atoms with Gasteiger partial charge in [-0.3, -0.25) is 0 Å². The Morgan fingerprint density at radius 3 is 2.73 bits per heavy atom. The molecular formula is C11H17BrN2O. The number of hydrogen-bond donors (Lipinski definition) is 3. The zero-order valence-electron chi connectivity index (χ0n) is 9.00. The first-order valence-corrected chi connectivity index (χ1v) is 5.69. The van der Waals surface area contributed by atoms with Crippen LogP contribution >= 0.6 is 15.9 Å². The van der Waals surface area contributed by atoms with Crippen molar-refractivity contribution in [2.45, 2.75) is 19.0 Å². The van der Waals surface area contributed by atoms with Gasteiger partial charge < -0.3 is 16.2 Å². The molecule has 0 aliphatic heterocycles. The molecule has 0 aliphatic rings. The van der Waals surface area contributed by atoms with Crippen molar-refractivity contribution in [3.63, 3.8) is 0 Å². The van der Waals surface area contributed by atoms with Crippen LogP contribution in [0.15, 0.2) is 22.7 Å². The van der Waals surface area contributed by atoms with Crippen LogP contribution < -0.4 is 11.1 Å². The van der Waals surface area contributed by atoms with Gasteiger partial charge in [-0.25, -0.2) is 0 Å².